The minimum atomic E-state index is -0.319. The van der Waals surface area contributed by atoms with Gasteiger partial charge in [-0.3, -0.25) is 0 Å². The molecule has 0 bridgehead atoms. The van der Waals surface area contributed by atoms with E-state index in [0.29, 0.717) is 0 Å². The highest BCUT2D eigenvalue weighted by molar-refractivity contribution is 6.13. The minimum absolute atomic E-state index is 0.0564. The molecule has 2 nitrogen and oxygen atoms in total. The van der Waals surface area contributed by atoms with Crippen LogP contribution in [0.4, 0.5) is 34.1 Å². The quantitative estimate of drug-likeness (QED) is 0.150. The van der Waals surface area contributed by atoms with E-state index >= 15 is 0 Å². The van der Waals surface area contributed by atoms with Crippen LogP contribution in [0.25, 0.3) is 77.5 Å². The molecule has 12 aromatic carbocycles. The van der Waals surface area contributed by atoms with E-state index in [-0.39, 0.29) is 21.7 Å². The van der Waals surface area contributed by atoms with Crippen LogP contribution in [0, 0.1) is 0 Å². The molecule has 4 aliphatic rings. The van der Waals surface area contributed by atoms with Crippen LogP contribution in [0.15, 0.2) is 255 Å². The molecule has 0 spiro atoms. The smallest absolute Gasteiger partial charge is 0.0465 e. The van der Waals surface area contributed by atoms with Crippen LogP contribution in [-0.4, -0.2) is 0 Å². The van der Waals surface area contributed by atoms with E-state index in [4.69, 9.17) is 0 Å². The predicted molar refractivity (Wildman–Crippen MR) is 354 cm³/mol. The second-order valence-electron chi connectivity index (χ2n) is 26.1. The summed E-state index contributed by atoms with van der Waals surface area (Å²) in [5.74, 6) is 0. The van der Waals surface area contributed by atoms with Gasteiger partial charge in [0.1, 0.15) is 0 Å². The second kappa shape index (κ2) is 18.0. The van der Waals surface area contributed by atoms with E-state index in [1.807, 2.05) is 0 Å². The molecular weight excluding hydrogens is 1010 g/mol. The SMILES string of the molecule is CC1(C)c2ccccc2-c2ccc(-c3ccc(N(c4ccccc4)c4ccc5c(c4)C(C)(C)c4c6c(c7ccccc7c4-5)-c4ccc(N(c5ccccc5)c5ccc(-c7ccc8c(c7)C(C)(C)c7ccccc7-8)cc5)cc4C6(C)C)cc3)cc21. The van der Waals surface area contributed by atoms with Gasteiger partial charge in [0.2, 0.25) is 0 Å². The highest BCUT2D eigenvalue weighted by Gasteiger charge is 2.48. The van der Waals surface area contributed by atoms with E-state index < -0.39 is 0 Å². The summed E-state index contributed by atoms with van der Waals surface area (Å²) in [5.41, 5.74) is 32.9. The maximum Gasteiger partial charge on any atom is 0.0465 e. The first-order valence-corrected chi connectivity index (χ1v) is 30.0. The number of fused-ring (bicyclic) bond motifs is 16. The average molecular weight is 1080 g/mol. The van der Waals surface area contributed by atoms with Gasteiger partial charge in [0, 0.05) is 55.8 Å². The van der Waals surface area contributed by atoms with Gasteiger partial charge in [0.15, 0.2) is 0 Å². The van der Waals surface area contributed by atoms with Gasteiger partial charge in [0.25, 0.3) is 0 Å². The first-order chi connectivity index (χ1) is 40.7. The van der Waals surface area contributed by atoms with E-state index in [1.54, 1.807) is 0 Å². The van der Waals surface area contributed by atoms with Gasteiger partial charge in [-0.05, 0) is 207 Å². The van der Waals surface area contributed by atoms with Gasteiger partial charge < -0.3 is 9.80 Å². The Morgan fingerprint density at radius 3 is 0.917 bits per heavy atom. The Balaban J connectivity index is 0.767. The lowest BCUT2D eigenvalue weighted by atomic mass is 9.71. The summed E-state index contributed by atoms with van der Waals surface area (Å²) in [5, 5.41) is 2.63. The molecule has 0 aromatic heterocycles. The zero-order valence-electron chi connectivity index (χ0n) is 49.1. The number of benzene rings is 12. The summed E-state index contributed by atoms with van der Waals surface area (Å²) >= 11 is 0. The Hall–Kier alpha value is -9.50. The van der Waals surface area contributed by atoms with Crippen LogP contribution in [0.2, 0.25) is 0 Å². The van der Waals surface area contributed by atoms with Gasteiger partial charge in [-0.25, -0.2) is 0 Å². The minimum Gasteiger partial charge on any atom is -0.310 e. The molecular formula is C82H66N2. The number of nitrogens with zero attached hydrogens (tertiary/aromatic N) is 2. The molecule has 0 amide bonds. The molecule has 0 heterocycles. The fourth-order valence-electron chi connectivity index (χ4n) is 15.8. The topological polar surface area (TPSA) is 6.48 Å². The molecule has 0 unspecified atom stereocenters. The van der Waals surface area contributed by atoms with Gasteiger partial charge in [0.05, 0.1) is 0 Å². The highest BCUT2D eigenvalue weighted by Crippen LogP contribution is 2.63. The lowest BCUT2D eigenvalue weighted by Gasteiger charge is -2.32. The van der Waals surface area contributed by atoms with Crippen LogP contribution < -0.4 is 9.80 Å². The fraction of sp³-hybridized carbons (Fsp3) is 0.146. The molecule has 0 aliphatic heterocycles. The van der Waals surface area contributed by atoms with E-state index in [0.717, 1.165) is 34.1 Å². The fourth-order valence-corrected chi connectivity index (χ4v) is 15.8. The van der Waals surface area contributed by atoms with Gasteiger partial charge in [-0.1, -0.05) is 225 Å². The first-order valence-electron chi connectivity index (χ1n) is 30.0. The van der Waals surface area contributed by atoms with Crippen LogP contribution in [-0.2, 0) is 21.7 Å². The predicted octanol–water partition coefficient (Wildman–Crippen LogP) is 22.3. The monoisotopic (exact) mass is 1080 g/mol. The molecule has 0 saturated carbocycles. The van der Waals surface area contributed by atoms with Crippen LogP contribution in [0.3, 0.4) is 0 Å². The Bertz CT molecular complexity index is 4390. The lowest BCUT2D eigenvalue weighted by molar-refractivity contribution is 0.602. The van der Waals surface area contributed by atoms with Crippen molar-refractivity contribution >= 4 is 44.9 Å². The standard InChI is InChI=1S/C82H66N2/c1-79(2)69-29-19-17-25-61(69)63-43-35-53(47-71(63)79)51-31-37-57(38-32-51)83(55-21-11-9-12-22-55)59-41-45-67-73(49-59)81(5,6)77-75(67)65-27-15-16-28-66(65)76-68-46-42-60(50-74(68)82(7,8)78(76)77)84(56-23-13-10-14-24-56)58-39-33-52(34-40-58)54-36-44-64-62-26-18-20-30-70(62)80(3,4)72(64)48-54/h9-50H,1-8H3. The van der Waals surface area contributed by atoms with Crippen molar-refractivity contribution < 1.29 is 0 Å². The van der Waals surface area contributed by atoms with Crippen molar-refractivity contribution in [1.82, 2.24) is 0 Å². The molecule has 84 heavy (non-hydrogen) atoms. The molecule has 0 saturated heterocycles. The molecule has 0 radical (unpaired) electrons. The summed E-state index contributed by atoms with van der Waals surface area (Å²) in [6.07, 6.45) is 0. The molecule has 4 aliphatic carbocycles. The Kier molecular flexibility index (Phi) is 10.8. The molecule has 2 heteroatoms. The molecule has 0 atom stereocenters. The van der Waals surface area contributed by atoms with Crippen molar-refractivity contribution in [3.8, 4) is 66.8 Å². The van der Waals surface area contributed by atoms with Gasteiger partial charge in [-0.2, -0.15) is 0 Å². The molecule has 0 N–H and O–H groups in total. The summed E-state index contributed by atoms with van der Waals surface area (Å²) in [6, 6.07) is 95.9. The second-order valence-corrected chi connectivity index (χ2v) is 26.1. The third-order valence-corrected chi connectivity index (χ3v) is 20.0. The zero-order valence-corrected chi connectivity index (χ0v) is 49.1. The maximum atomic E-state index is 2.50. The Labute approximate surface area is 495 Å². The van der Waals surface area contributed by atoms with Crippen molar-refractivity contribution in [3.63, 3.8) is 0 Å². The molecule has 404 valence electrons. The third-order valence-electron chi connectivity index (χ3n) is 20.0. The molecule has 12 aromatic rings. The van der Waals surface area contributed by atoms with Crippen LogP contribution in [0.5, 0.6) is 0 Å². The van der Waals surface area contributed by atoms with E-state index in [2.05, 4.69) is 320 Å². The average Bonchev–Trinajstić information content (AvgIpc) is 1.54. The number of rotatable bonds is 8. The van der Waals surface area contributed by atoms with E-state index in [9.17, 15) is 0 Å². The number of hydrogen-bond donors (Lipinski definition) is 0. The Morgan fingerprint density at radius 1 is 0.214 bits per heavy atom. The highest BCUT2D eigenvalue weighted by atomic mass is 15.1. The van der Waals surface area contributed by atoms with Gasteiger partial charge in [-0.15, -0.1) is 0 Å². The van der Waals surface area contributed by atoms with Crippen LogP contribution >= 0.6 is 0 Å². The number of hydrogen-bond acceptors (Lipinski definition) is 2. The zero-order chi connectivity index (χ0) is 57.0. The van der Waals surface area contributed by atoms with Crippen molar-refractivity contribution in [2.45, 2.75) is 77.0 Å². The van der Waals surface area contributed by atoms with Crippen molar-refractivity contribution in [3.05, 3.63) is 299 Å². The van der Waals surface area contributed by atoms with E-state index in [1.165, 1.54) is 122 Å². The lowest BCUT2D eigenvalue weighted by Crippen LogP contribution is -2.24. The number of para-hydroxylation sites is 2. The van der Waals surface area contributed by atoms with Crippen LogP contribution in [0.1, 0.15) is 99.9 Å². The van der Waals surface area contributed by atoms with Crippen molar-refractivity contribution in [2.24, 2.45) is 0 Å². The summed E-state index contributed by atoms with van der Waals surface area (Å²) < 4.78 is 0. The first kappa shape index (κ1) is 50.2. The van der Waals surface area contributed by atoms with Crippen molar-refractivity contribution in [1.29, 1.82) is 0 Å². The summed E-state index contributed by atoms with van der Waals surface area (Å²) in [4.78, 5) is 4.88. The van der Waals surface area contributed by atoms with Gasteiger partial charge >= 0.3 is 0 Å². The molecule has 16 rings (SSSR count). The van der Waals surface area contributed by atoms with Crippen molar-refractivity contribution in [2.75, 3.05) is 9.80 Å². The summed E-state index contributed by atoms with van der Waals surface area (Å²) in [7, 11) is 0. The normalized spacial score (nSPS) is 15.3. The largest absolute Gasteiger partial charge is 0.310 e. The maximum absolute atomic E-state index is 2.50. The molecule has 0 fully saturated rings. The number of anilines is 6. The summed E-state index contributed by atoms with van der Waals surface area (Å²) in [6.45, 7) is 19.3. The Morgan fingerprint density at radius 2 is 0.512 bits per heavy atom. The third kappa shape index (κ3) is 7.16.